The van der Waals surface area contributed by atoms with Crippen LogP contribution in [-0.2, 0) is 15.6 Å². The van der Waals surface area contributed by atoms with Gasteiger partial charge in [-0.2, -0.15) is 0 Å². The molecule has 3 heteroatoms. The molecule has 1 aromatic rings. The second kappa shape index (κ2) is 5.94. The van der Waals surface area contributed by atoms with Crippen LogP contribution in [0, 0.1) is 0 Å². The first-order valence-electron chi connectivity index (χ1n) is 5.48. The predicted molar refractivity (Wildman–Crippen MR) is 67.1 cm³/mol. The summed E-state index contributed by atoms with van der Waals surface area (Å²) in [6.07, 6.45) is 0.387. The summed E-state index contributed by atoms with van der Waals surface area (Å²) < 4.78 is 11.8. The van der Waals surface area contributed by atoms with Crippen LogP contribution in [0.3, 0.4) is 0 Å². The highest BCUT2D eigenvalue weighted by Gasteiger charge is 2.06. The maximum absolute atomic E-state index is 11.8. The average molecular weight is 238 g/mol. The van der Waals surface area contributed by atoms with Gasteiger partial charge in [0.05, 0.1) is 10.8 Å². The van der Waals surface area contributed by atoms with Crippen molar-refractivity contribution in [3.63, 3.8) is 0 Å². The molecular weight excluding hydrogens is 220 g/mol. The fraction of sp³-hybridized carbons (Fsp3) is 0.462. The van der Waals surface area contributed by atoms with E-state index < -0.39 is 10.8 Å². The number of hydrogen-bond donors (Lipinski definition) is 0. The van der Waals surface area contributed by atoms with Gasteiger partial charge in [-0.25, -0.2) is 0 Å². The van der Waals surface area contributed by atoms with Crippen LogP contribution in [0.15, 0.2) is 29.2 Å². The van der Waals surface area contributed by atoms with Gasteiger partial charge in [-0.3, -0.25) is 9.00 Å². The number of carbonyl (C=O) groups is 1. The molecule has 0 aromatic heterocycles. The van der Waals surface area contributed by atoms with Crippen molar-refractivity contribution >= 4 is 16.6 Å². The van der Waals surface area contributed by atoms with Crippen molar-refractivity contribution < 1.29 is 9.00 Å². The molecule has 2 nitrogen and oxygen atoms in total. The van der Waals surface area contributed by atoms with Gasteiger partial charge < -0.3 is 0 Å². The van der Waals surface area contributed by atoms with Gasteiger partial charge in [0.1, 0.15) is 5.78 Å². The molecule has 1 aromatic carbocycles. The quantitative estimate of drug-likeness (QED) is 0.790. The van der Waals surface area contributed by atoms with Crippen LogP contribution in [-0.4, -0.2) is 15.7 Å². The average Bonchev–Trinajstić information content (AvgIpc) is 2.26. The summed E-state index contributed by atoms with van der Waals surface area (Å²) in [5.41, 5.74) is 1.24. The first-order chi connectivity index (χ1) is 7.50. The highest BCUT2D eigenvalue weighted by atomic mass is 32.2. The zero-order valence-electron chi connectivity index (χ0n) is 10.0. The summed E-state index contributed by atoms with van der Waals surface area (Å²) >= 11 is 0. The van der Waals surface area contributed by atoms with Crippen LogP contribution in [0.1, 0.15) is 38.7 Å². The zero-order valence-corrected chi connectivity index (χ0v) is 10.8. The number of carbonyl (C=O) groups excluding carboxylic acids is 1. The van der Waals surface area contributed by atoms with E-state index in [-0.39, 0.29) is 5.78 Å². The van der Waals surface area contributed by atoms with E-state index >= 15 is 0 Å². The fourth-order valence-corrected chi connectivity index (χ4v) is 2.51. The van der Waals surface area contributed by atoms with Crippen LogP contribution in [0.2, 0.25) is 0 Å². The minimum absolute atomic E-state index is 0.0900. The van der Waals surface area contributed by atoms with E-state index in [9.17, 15) is 9.00 Å². The van der Waals surface area contributed by atoms with Gasteiger partial charge in [0, 0.05) is 17.1 Å². The Kier molecular flexibility index (Phi) is 4.87. The molecule has 16 heavy (non-hydrogen) atoms. The smallest absolute Gasteiger partial charge is 0.130 e. The molecule has 1 atom stereocenters. The molecule has 0 aliphatic carbocycles. The number of rotatable bonds is 5. The largest absolute Gasteiger partial charge is 0.300 e. The van der Waals surface area contributed by atoms with Crippen molar-refractivity contribution in [2.75, 3.05) is 5.75 Å². The Labute approximate surface area is 99.5 Å². The van der Waals surface area contributed by atoms with Crippen LogP contribution in [0.25, 0.3) is 0 Å². The molecule has 88 valence electrons. The summed E-state index contributed by atoms with van der Waals surface area (Å²) in [4.78, 5) is 11.6. The fourth-order valence-electron chi connectivity index (χ4n) is 1.36. The lowest BCUT2D eigenvalue weighted by atomic mass is 10.0. The van der Waals surface area contributed by atoms with Gasteiger partial charge in [0.15, 0.2) is 0 Å². The number of ketones is 1. The molecule has 0 spiro atoms. The van der Waals surface area contributed by atoms with E-state index in [4.69, 9.17) is 0 Å². The molecule has 1 unspecified atom stereocenters. The summed E-state index contributed by atoms with van der Waals surface area (Å²) in [6.45, 7) is 5.78. The van der Waals surface area contributed by atoms with Gasteiger partial charge in [-0.05, 0) is 30.5 Å². The van der Waals surface area contributed by atoms with Crippen molar-refractivity contribution in [2.24, 2.45) is 0 Å². The Bertz CT molecular complexity index is 379. The van der Waals surface area contributed by atoms with E-state index in [2.05, 4.69) is 13.8 Å². The Morgan fingerprint density at radius 3 is 2.25 bits per heavy atom. The second-order valence-electron chi connectivity index (χ2n) is 4.23. The topological polar surface area (TPSA) is 34.1 Å². The van der Waals surface area contributed by atoms with Gasteiger partial charge in [0.2, 0.25) is 0 Å². The maximum atomic E-state index is 11.8. The lowest BCUT2D eigenvalue weighted by Gasteiger charge is -2.06. The van der Waals surface area contributed by atoms with Crippen LogP contribution in [0.5, 0.6) is 0 Å². The summed E-state index contributed by atoms with van der Waals surface area (Å²) in [6, 6.07) is 7.80. The Hall–Kier alpha value is -0.960. The molecule has 0 saturated heterocycles. The molecule has 0 heterocycles. The van der Waals surface area contributed by atoms with E-state index in [0.29, 0.717) is 18.1 Å². The van der Waals surface area contributed by atoms with E-state index in [1.54, 1.807) is 0 Å². The van der Waals surface area contributed by atoms with E-state index in [0.717, 1.165) is 4.90 Å². The molecule has 0 fully saturated rings. The molecule has 0 aliphatic rings. The van der Waals surface area contributed by atoms with Crippen molar-refractivity contribution in [3.8, 4) is 0 Å². The summed E-state index contributed by atoms with van der Waals surface area (Å²) in [7, 11) is -1.05. The SMILES string of the molecule is CC(=O)CCS(=O)c1ccc(C(C)C)cc1. The second-order valence-corrected chi connectivity index (χ2v) is 5.80. The minimum atomic E-state index is -1.05. The molecule has 1 rings (SSSR count). The van der Waals surface area contributed by atoms with Crippen molar-refractivity contribution in [2.45, 2.75) is 38.0 Å². The lowest BCUT2D eigenvalue weighted by Crippen LogP contribution is -2.03. The van der Waals surface area contributed by atoms with E-state index in [1.807, 2.05) is 24.3 Å². The first kappa shape index (κ1) is 13.1. The molecule has 0 saturated carbocycles. The lowest BCUT2D eigenvalue weighted by molar-refractivity contribution is -0.116. The number of hydrogen-bond acceptors (Lipinski definition) is 2. The van der Waals surface area contributed by atoms with E-state index in [1.165, 1.54) is 12.5 Å². The highest BCUT2D eigenvalue weighted by Crippen LogP contribution is 2.16. The van der Waals surface area contributed by atoms with Crippen LogP contribution >= 0.6 is 0 Å². The monoisotopic (exact) mass is 238 g/mol. The number of Topliss-reactive ketones (excluding diaryl/α,β-unsaturated/α-hetero) is 1. The summed E-state index contributed by atoms with van der Waals surface area (Å²) in [5, 5.41) is 0. The molecule has 0 amide bonds. The normalized spacial score (nSPS) is 12.8. The molecule has 0 radical (unpaired) electrons. The van der Waals surface area contributed by atoms with Gasteiger partial charge >= 0.3 is 0 Å². The van der Waals surface area contributed by atoms with Crippen molar-refractivity contribution in [1.82, 2.24) is 0 Å². The third kappa shape index (κ3) is 3.89. The summed E-state index contributed by atoms with van der Waals surface area (Å²) in [5.74, 6) is 1.00. The highest BCUT2D eigenvalue weighted by molar-refractivity contribution is 7.85. The van der Waals surface area contributed by atoms with Crippen molar-refractivity contribution in [3.05, 3.63) is 29.8 Å². The maximum Gasteiger partial charge on any atom is 0.130 e. The first-order valence-corrected chi connectivity index (χ1v) is 6.80. The molecule has 0 N–H and O–H groups in total. The minimum Gasteiger partial charge on any atom is -0.300 e. The Morgan fingerprint density at radius 2 is 1.81 bits per heavy atom. The predicted octanol–water partition coefficient (Wildman–Crippen LogP) is 2.90. The van der Waals surface area contributed by atoms with Gasteiger partial charge in [0.25, 0.3) is 0 Å². The Balaban J connectivity index is 2.66. The molecular formula is C13H18O2S. The zero-order chi connectivity index (χ0) is 12.1. The van der Waals surface area contributed by atoms with Crippen LogP contribution < -0.4 is 0 Å². The van der Waals surface area contributed by atoms with Crippen LogP contribution in [0.4, 0.5) is 0 Å². The van der Waals surface area contributed by atoms with Gasteiger partial charge in [-0.15, -0.1) is 0 Å². The number of benzene rings is 1. The third-order valence-electron chi connectivity index (χ3n) is 2.45. The Morgan fingerprint density at radius 1 is 1.25 bits per heavy atom. The standard InChI is InChI=1S/C13H18O2S/c1-10(2)12-4-6-13(7-5-12)16(15)9-8-11(3)14/h4-7,10H,8-9H2,1-3H3. The third-order valence-corrected chi connectivity index (χ3v) is 3.82. The van der Waals surface area contributed by atoms with Gasteiger partial charge in [-0.1, -0.05) is 26.0 Å². The molecule has 0 bridgehead atoms. The molecule has 0 aliphatic heterocycles. The van der Waals surface area contributed by atoms with Crippen molar-refractivity contribution in [1.29, 1.82) is 0 Å².